The van der Waals surface area contributed by atoms with E-state index in [2.05, 4.69) is 34.6 Å². The number of aromatic nitrogens is 1. The second-order valence-electron chi connectivity index (χ2n) is 9.42. The van der Waals surface area contributed by atoms with Crippen molar-refractivity contribution in [3.8, 4) is 5.75 Å². The van der Waals surface area contributed by atoms with Gasteiger partial charge in [0, 0.05) is 12.1 Å². The zero-order chi connectivity index (χ0) is 31.6. The summed E-state index contributed by atoms with van der Waals surface area (Å²) in [5.74, 6) is -2.79. The number of ether oxygens (including phenoxy) is 1. The van der Waals surface area contributed by atoms with Crippen LogP contribution >= 0.6 is 11.3 Å². The number of thiazole rings is 1. The fourth-order valence-corrected chi connectivity index (χ4v) is 6.23. The maximum atomic E-state index is 12.3. The zero-order valence-corrected chi connectivity index (χ0v) is 24.4. The molecule has 0 aliphatic heterocycles. The lowest BCUT2D eigenvalue weighted by Gasteiger charge is -2.13. The summed E-state index contributed by atoms with van der Waals surface area (Å²) in [5.41, 5.74) is 2.03. The molecule has 0 fully saturated rings. The molecule has 0 aliphatic carbocycles. The second kappa shape index (κ2) is 15.3. The minimum Gasteiger partial charge on any atom is -0.506 e. The van der Waals surface area contributed by atoms with Crippen molar-refractivity contribution in [3.05, 3.63) is 75.4 Å². The molecule has 0 saturated heterocycles. The summed E-state index contributed by atoms with van der Waals surface area (Å²) in [5, 5.41) is 32.9. The Morgan fingerprint density at radius 3 is 2.47 bits per heavy atom. The lowest BCUT2D eigenvalue weighted by Crippen LogP contribution is -2.25. The molecule has 0 aliphatic rings. The van der Waals surface area contributed by atoms with E-state index in [1.807, 2.05) is 18.2 Å². The van der Waals surface area contributed by atoms with Gasteiger partial charge in [0.1, 0.15) is 11.3 Å². The van der Waals surface area contributed by atoms with Crippen LogP contribution in [0.1, 0.15) is 23.7 Å². The number of carboxylic acids is 1. The van der Waals surface area contributed by atoms with Crippen LogP contribution < -0.4 is 10.2 Å². The minimum absolute atomic E-state index is 0.0247. The summed E-state index contributed by atoms with van der Waals surface area (Å²) in [7, 11) is -3.24. The van der Waals surface area contributed by atoms with Crippen molar-refractivity contribution in [1.29, 1.82) is 0 Å². The Balaban J connectivity index is 0.000000646. The number of phenolic OH excluding ortho intramolecular Hbond substituents is 1. The molecule has 1 atom stereocenters. The van der Waals surface area contributed by atoms with Gasteiger partial charge in [-0.1, -0.05) is 59.9 Å². The summed E-state index contributed by atoms with van der Waals surface area (Å²) in [6.45, 7) is 1.24. The maximum Gasteiger partial charge on any atom is 0.490 e. The average molecular weight is 645 g/mol. The lowest BCUT2D eigenvalue weighted by atomic mass is 10.0. The molecule has 0 radical (unpaired) electrons. The molecule has 0 bridgehead atoms. The predicted octanol–water partition coefficient (Wildman–Crippen LogP) is 3.77. The summed E-state index contributed by atoms with van der Waals surface area (Å²) < 4.78 is 62.5. The van der Waals surface area contributed by atoms with Gasteiger partial charge in [0.05, 0.1) is 35.5 Å². The molecule has 0 saturated carbocycles. The van der Waals surface area contributed by atoms with E-state index >= 15 is 0 Å². The highest BCUT2D eigenvalue weighted by Gasteiger charge is 2.38. The Labute approximate surface area is 248 Å². The van der Waals surface area contributed by atoms with Crippen molar-refractivity contribution in [2.75, 3.05) is 37.8 Å². The van der Waals surface area contributed by atoms with Gasteiger partial charge in [0.25, 0.3) is 0 Å². The largest absolute Gasteiger partial charge is 0.506 e. The van der Waals surface area contributed by atoms with Crippen LogP contribution in [0, 0.1) is 0 Å². The Kier molecular flexibility index (Phi) is 12.1. The number of aliphatic hydroxyl groups excluding tert-OH is 1. The number of nitrogens with one attached hydrogen (secondary N) is 2. The highest BCUT2D eigenvalue weighted by Crippen LogP contribution is 2.31. The van der Waals surface area contributed by atoms with Gasteiger partial charge in [-0.3, -0.25) is 4.79 Å². The number of aliphatic carboxylic acids is 1. The number of hydrogen-bond donors (Lipinski definition) is 5. The number of rotatable bonds is 13. The van der Waals surface area contributed by atoms with Crippen molar-refractivity contribution in [2.45, 2.75) is 25.1 Å². The summed E-state index contributed by atoms with van der Waals surface area (Å²) in [4.78, 5) is 22.8. The van der Waals surface area contributed by atoms with E-state index in [1.165, 1.54) is 22.4 Å². The number of alkyl halides is 3. The molecule has 4 aromatic rings. The van der Waals surface area contributed by atoms with Crippen LogP contribution in [0.4, 0.5) is 13.2 Å². The van der Waals surface area contributed by atoms with Crippen LogP contribution in [0.25, 0.3) is 21.0 Å². The molecule has 0 amide bonds. The van der Waals surface area contributed by atoms with Crippen molar-refractivity contribution in [1.82, 2.24) is 10.3 Å². The van der Waals surface area contributed by atoms with E-state index in [0.29, 0.717) is 35.4 Å². The molecular formula is C28H31F3N2O8S2. The van der Waals surface area contributed by atoms with Crippen molar-refractivity contribution < 1.29 is 46.4 Å². The number of phenols is 1. The van der Waals surface area contributed by atoms with E-state index in [4.69, 9.17) is 14.6 Å². The third kappa shape index (κ3) is 10.3. The van der Waals surface area contributed by atoms with Gasteiger partial charge in [-0.25, -0.2) is 13.2 Å². The first-order valence-corrected chi connectivity index (χ1v) is 15.7. The second-order valence-corrected chi connectivity index (χ2v) is 12.7. The number of H-pyrrole nitrogens is 1. The van der Waals surface area contributed by atoms with Crippen LogP contribution in [-0.4, -0.2) is 78.7 Å². The first kappa shape index (κ1) is 34.0. The average Bonchev–Trinajstić information content (AvgIpc) is 3.34. The highest BCUT2D eigenvalue weighted by molar-refractivity contribution is 7.91. The molecule has 4 rings (SSSR count). The standard InChI is InChI=1S/C26H30N2O6S2.C2HF3O2/c29-22-10-9-21(25-24(22)28-26(31)35-25)23(30)17-27-12-4-15-36(32,33)16-14-34-13-11-19-7-3-6-18-5-1-2-8-20(18)19;3-2(4,5)1(6)7/h1-3,5-10,23,27,29-30H,4,11-17H2,(H,28,31);(H,6,7)/t23-;/m0./s1. The SMILES string of the molecule is O=C(O)C(F)(F)F.O=c1[nH]c2c(O)ccc([C@@H](O)CNCCCS(=O)(=O)CCOCCc3cccc4ccccc34)c2s1. The van der Waals surface area contributed by atoms with Crippen molar-refractivity contribution in [3.63, 3.8) is 0 Å². The monoisotopic (exact) mass is 644 g/mol. The van der Waals surface area contributed by atoms with Gasteiger partial charge in [-0.2, -0.15) is 13.2 Å². The molecule has 5 N–H and O–H groups in total. The highest BCUT2D eigenvalue weighted by atomic mass is 32.2. The Bertz CT molecular complexity index is 1680. The molecule has 15 heteroatoms. The third-order valence-electron chi connectivity index (χ3n) is 6.27. The van der Waals surface area contributed by atoms with Crippen LogP contribution in [0.3, 0.4) is 0 Å². The fraction of sp³-hybridized carbons (Fsp3) is 0.357. The van der Waals surface area contributed by atoms with Crippen molar-refractivity contribution in [2.24, 2.45) is 0 Å². The molecule has 0 spiro atoms. The molecule has 0 unspecified atom stereocenters. The first-order chi connectivity index (χ1) is 20.3. The van der Waals surface area contributed by atoms with Gasteiger partial charge < -0.3 is 30.4 Å². The zero-order valence-electron chi connectivity index (χ0n) is 22.8. The topological polar surface area (TPSA) is 166 Å². The van der Waals surface area contributed by atoms with Gasteiger partial charge in [0.2, 0.25) is 0 Å². The number of aliphatic hydroxyl groups is 1. The molecule has 234 valence electrons. The Hall–Kier alpha value is -3.50. The van der Waals surface area contributed by atoms with Crippen molar-refractivity contribution >= 4 is 48.1 Å². The van der Waals surface area contributed by atoms with E-state index < -0.39 is 28.1 Å². The number of carboxylic acid groups (broad SMARTS) is 1. The number of benzene rings is 3. The van der Waals surface area contributed by atoms with Crippen LogP contribution in [0.5, 0.6) is 5.75 Å². The molecule has 3 aromatic carbocycles. The lowest BCUT2D eigenvalue weighted by molar-refractivity contribution is -0.192. The van der Waals surface area contributed by atoms with E-state index in [-0.39, 0.29) is 35.3 Å². The van der Waals surface area contributed by atoms with Crippen LogP contribution in [0.2, 0.25) is 0 Å². The quantitative estimate of drug-likeness (QED) is 0.136. The smallest absolute Gasteiger partial charge is 0.490 e. The van der Waals surface area contributed by atoms with E-state index in [1.54, 1.807) is 6.07 Å². The normalized spacial score (nSPS) is 12.7. The molecular weight excluding hydrogens is 613 g/mol. The Morgan fingerprint density at radius 2 is 1.74 bits per heavy atom. The predicted molar refractivity (Wildman–Crippen MR) is 157 cm³/mol. The summed E-state index contributed by atoms with van der Waals surface area (Å²) in [6, 6.07) is 17.3. The maximum absolute atomic E-state index is 12.3. The van der Waals surface area contributed by atoms with Crippen LogP contribution in [0.15, 0.2) is 59.4 Å². The van der Waals surface area contributed by atoms with Crippen LogP contribution in [-0.2, 0) is 25.8 Å². The minimum atomic E-state index is -5.08. The Morgan fingerprint density at radius 1 is 1.05 bits per heavy atom. The van der Waals surface area contributed by atoms with E-state index in [9.17, 15) is 36.6 Å². The number of aromatic amines is 1. The molecule has 1 aromatic heterocycles. The molecule has 43 heavy (non-hydrogen) atoms. The van der Waals surface area contributed by atoms with Gasteiger partial charge in [-0.05, 0) is 41.8 Å². The number of sulfone groups is 1. The number of halogens is 3. The van der Waals surface area contributed by atoms with Gasteiger partial charge in [-0.15, -0.1) is 0 Å². The number of hydrogen-bond acceptors (Lipinski definition) is 9. The fourth-order valence-electron chi connectivity index (χ4n) is 4.15. The number of carbonyl (C=O) groups is 1. The molecule has 1 heterocycles. The number of fused-ring (bicyclic) bond motifs is 2. The first-order valence-electron chi connectivity index (χ1n) is 13.1. The number of aromatic hydroxyl groups is 1. The van der Waals surface area contributed by atoms with E-state index in [0.717, 1.165) is 17.8 Å². The molecule has 10 nitrogen and oxygen atoms in total. The third-order valence-corrected chi connectivity index (χ3v) is 8.90. The van der Waals surface area contributed by atoms with Gasteiger partial charge in [0.15, 0.2) is 9.84 Å². The van der Waals surface area contributed by atoms with Gasteiger partial charge >= 0.3 is 17.0 Å². The summed E-state index contributed by atoms with van der Waals surface area (Å²) in [6.07, 6.45) is -4.85. The summed E-state index contributed by atoms with van der Waals surface area (Å²) >= 11 is 0.928.